The molecule has 3 aromatic rings. The van der Waals surface area contributed by atoms with Gasteiger partial charge in [-0.1, -0.05) is 36.4 Å². The fourth-order valence-corrected chi connectivity index (χ4v) is 6.41. The third-order valence-electron chi connectivity index (χ3n) is 8.68. The standard InChI is InChI=1S/C33H35FN2O5/c1-20-26(10-5-11-29(20)34)30-27(31(39)22-6-3-8-24(37)16-22)18-36(33(41)21-12-14-35(2)15-13-21)19-28(30)32(40)23-7-4-9-25(38)17-23/h3-11,16-17,21,27-28,30,37-38H,12-15,18-19H2,1-2H3/t27-,28-/m0/s1. The number of benzene rings is 3. The van der Waals surface area contributed by atoms with E-state index in [0.29, 0.717) is 24.0 Å². The molecule has 2 atom stereocenters. The molecule has 2 aliphatic heterocycles. The van der Waals surface area contributed by atoms with E-state index in [2.05, 4.69) is 4.90 Å². The Morgan fingerprint density at radius 2 is 1.32 bits per heavy atom. The Hall–Kier alpha value is -4.04. The third-order valence-corrected chi connectivity index (χ3v) is 8.68. The molecule has 1 amide bonds. The molecule has 0 aromatic heterocycles. The Morgan fingerprint density at radius 3 is 1.83 bits per heavy atom. The average Bonchev–Trinajstić information content (AvgIpc) is 2.97. The van der Waals surface area contributed by atoms with E-state index in [1.807, 2.05) is 7.05 Å². The van der Waals surface area contributed by atoms with E-state index in [0.717, 1.165) is 13.1 Å². The van der Waals surface area contributed by atoms with Crippen LogP contribution >= 0.6 is 0 Å². The van der Waals surface area contributed by atoms with Gasteiger partial charge in [0.15, 0.2) is 11.6 Å². The fourth-order valence-electron chi connectivity index (χ4n) is 6.41. The number of hydrogen-bond donors (Lipinski definition) is 2. The summed E-state index contributed by atoms with van der Waals surface area (Å²) in [5, 5.41) is 20.2. The largest absolute Gasteiger partial charge is 0.508 e. The first-order valence-corrected chi connectivity index (χ1v) is 14.0. The van der Waals surface area contributed by atoms with Gasteiger partial charge in [-0.15, -0.1) is 0 Å². The highest BCUT2D eigenvalue weighted by Gasteiger charge is 2.47. The maximum atomic E-state index is 14.9. The van der Waals surface area contributed by atoms with Crippen molar-refractivity contribution < 1.29 is 29.0 Å². The van der Waals surface area contributed by atoms with Crippen molar-refractivity contribution in [3.8, 4) is 11.5 Å². The van der Waals surface area contributed by atoms with E-state index in [1.165, 1.54) is 30.3 Å². The molecular weight excluding hydrogens is 523 g/mol. The van der Waals surface area contributed by atoms with Gasteiger partial charge in [-0.25, -0.2) is 4.39 Å². The lowest BCUT2D eigenvalue weighted by Crippen LogP contribution is -2.54. The van der Waals surface area contributed by atoms with Crippen LogP contribution in [-0.4, -0.2) is 70.7 Å². The van der Waals surface area contributed by atoms with Crippen LogP contribution in [0.1, 0.15) is 50.6 Å². The van der Waals surface area contributed by atoms with Crippen molar-refractivity contribution in [1.82, 2.24) is 9.80 Å². The number of piperidine rings is 2. The number of halogens is 1. The SMILES string of the molecule is Cc1c(F)cccc1C1[C@@H](C(=O)c2cccc(O)c2)CN(C(=O)C2CCN(C)CC2)C[C@@H]1C(=O)c1cccc(O)c1. The van der Waals surface area contributed by atoms with Crippen LogP contribution in [-0.2, 0) is 4.79 Å². The summed E-state index contributed by atoms with van der Waals surface area (Å²) in [4.78, 5) is 46.0. The van der Waals surface area contributed by atoms with Crippen molar-refractivity contribution in [3.05, 3.63) is 94.8 Å². The number of carbonyl (C=O) groups is 3. The monoisotopic (exact) mass is 558 g/mol. The minimum absolute atomic E-state index is 0.0724. The van der Waals surface area contributed by atoms with Crippen molar-refractivity contribution >= 4 is 17.5 Å². The van der Waals surface area contributed by atoms with E-state index in [1.54, 1.807) is 48.2 Å². The topological polar surface area (TPSA) is 98.2 Å². The molecule has 2 aliphatic rings. The molecule has 0 bridgehead atoms. The van der Waals surface area contributed by atoms with Gasteiger partial charge in [-0.3, -0.25) is 14.4 Å². The molecule has 0 radical (unpaired) electrons. The number of carbonyl (C=O) groups excluding carboxylic acids is 3. The smallest absolute Gasteiger partial charge is 0.225 e. The lowest BCUT2D eigenvalue weighted by atomic mass is 9.67. The van der Waals surface area contributed by atoms with Crippen LogP contribution in [0.2, 0.25) is 0 Å². The third kappa shape index (κ3) is 5.88. The molecule has 214 valence electrons. The Balaban J connectivity index is 1.63. The first-order valence-electron chi connectivity index (χ1n) is 14.0. The number of phenols is 2. The minimum Gasteiger partial charge on any atom is -0.508 e. The minimum atomic E-state index is -0.868. The summed E-state index contributed by atoms with van der Waals surface area (Å²) in [6.07, 6.45) is 1.38. The zero-order valence-electron chi connectivity index (χ0n) is 23.3. The molecule has 41 heavy (non-hydrogen) atoms. The normalized spacial score (nSPS) is 20.6. The number of nitrogens with zero attached hydrogens (tertiary/aromatic N) is 2. The molecule has 3 aromatic carbocycles. The van der Waals surface area contributed by atoms with E-state index in [-0.39, 0.29) is 59.1 Å². The van der Waals surface area contributed by atoms with Crippen LogP contribution in [0.4, 0.5) is 4.39 Å². The highest BCUT2D eigenvalue weighted by atomic mass is 19.1. The molecule has 0 unspecified atom stereocenters. The number of aromatic hydroxyl groups is 2. The van der Waals surface area contributed by atoms with Crippen LogP contribution in [0, 0.1) is 30.5 Å². The van der Waals surface area contributed by atoms with Crippen LogP contribution in [0.15, 0.2) is 66.7 Å². The number of Topliss-reactive ketones (excluding diaryl/α,β-unsaturated/α-hetero) is 2. The number of ketones is 2. The second-order valence-corrected chi connectivity index (χ2v) is 11.3. The van der Waals surface area contributed by atoms with Gasteiger partial charge in [0, 0.05) is 47.9 Å². The lowest BCUT2D eigenvalue weighted by molar-refractivity contribution is -0.139. The molecular formula is C33H35FN2O5. The van der Waals surface area contributed by atoms with Crippen molar-refractivity contribution in [1.29, 1.82) is 0 Å². The summed E-state index contributed by atoms with van der Waals surface area (Å²) in [6, 6.07) is 16.7. The van der Waals surface area contributed by atoms with E-state index in [9.17, 15) is 29.0 Å². The Kier molecular flexibility index (Phi) is 8.22. The van der Waals surface area contributed by atoms with Crippen LogP contribution in [0.3, 0.4) is 0 Å². The highest BCUT2D eigenvalue weighted by Crippen LogP contribution is 2.43. The zero-order valence-corrected chi connectivity index (χ0v) is 23.3. The Morgan fingerprint density at radius 1 is 0.805 bits per heavy atom. The summed E-state index contributed by atoms with van der Waals surface area (Å²) in [7, 11) is 2.02. The summed E-state index contributed by atoms with van der Waals surface area (Å²) in [5.41, 5.74) is 1.39. The van der Waals surface area contributed by atoms with Crippen LogP contribution in [0.5, 0.6) is 11.5 Å². The second kappa shape index (κ2) is 11.8. The number of amides is 1. The number of rotatable bonds is 6. The van der Waals surface area contributed by atoms with Gasteiger partial charge in [-0.05, 0) is 81.4 Å². The van der Waals surface area contributed by atoms with Gasteiger partial charge in [-0.2, -0.15) is 0 Å². The predicted octanol–water partition coefficient (Wildman–Crippen LogP) is 4.81. The van der Waals surface area contributed by atoms with E-state index >= 15 is 0 Å². The molecule has 7 nitrogen and oxygen atoms in total. The highest BCUT2D eigenvalue weighted by molar-refractivity contribution is 6.03. The summed E-state index contributed by atoms with van der Waals surface area (Å²) < 4.78 is 14.9. The maximum absolute atomic E-state index is 14.9. The number of likely N-dealkylation sites (tertiary alicyclic amines) is 2. The second-order valence-electron chi connectivity index (χ2n) is 11.3. The van der Waals surface area contributed by atoms with Crippen LogP contribution in [0.25, 0.3) is 0 Å². The Bertz CT molecular complexity index is 1400. The van der Waals surface area contributed by atoms with Crippen LogP contribution < -0.4 is 0 Å². The van der Waals surface area contributed by atoms with Crippen molar-refractivity contribution in [3.63, 3.8) is 0 Å². The lowest BCUT2D eigenvalue weighted by Gasteiger charge is -2.45. The van der Waals surface area contributed by atoms with Gasteiger partial charge in [0.05, 0.1) is 0 Å². The zero-order chi connectivity index (χ0) is 29.3. The molecule has 0 aliphatic carbocycles. The first kappa shape index (κ1) is 28.5. The molecule has 2 fully saturated rings. The van der Waals surface area contributed by atoms with Gasteiger partial charge < -0.3 is 20.0 Å². The van der Waals surface area contributed by atoms with Crippen molar-refractivity contribution in [2.24, 2.45) is 17.8 Å². The molecule has 0 spiro atoms. The van der Waals surface area contributed by atoms with Crippen molar-refractivity contribution in [2.75, 3.05) is 33.2 Å². The molecule has 5 rings (SSSR count). The Labute approximate surface area is 239 Å². The fraction of sp³-hybridized carbons (Fsp3) is 0.364. The first-order chi connectivity index (χ1) is 19.6. The van der Waals surface area contributed by atoms with Gasteiger partial charge in [0.25, 0.3) is 0 Å². The van der Waals surface area contributed by atoms with Gasteiger partial charge >= 0.3 is 0 Å². The summed E-state index contributed by atoms with van der Waals surface area (Å²) in [5.74, 6) is -4.03. The molecule has 2 heterocycles. The molecule has 2 saturated heterocycles. The van der Waals surface area contributed by atoms with Gasteiger partial charge in [0.1, 0.15) is 17.3 Å². The molecule has 0 saturated carbocycles. The van der Waals surface area contributed by atoms with E-state index < -0.39 is 23.6 Å². The quantitative estimate of drug-likeness (QED) is 0.422. The number of hydrogen-bond acceptors (Lipinski definition) is 6. The van der Waals surface area contributed by atoms with Crippen molar-refractivity contribution in [2.45, 2.75) is 25.7 Å². The number of phenolic OH excluding ortho intramolecular Hbond substituents is 2. The average molecular weight is 559 g/mol. The summed E-state index contributed by atoms with van der Waals surface area (Å²) in [6.45, 7) is 3.35. The summed E-state index contributed by atoms with van der Waals surface area (Å²) >= 11 is 0. The maximum Gasteiger partial charge on any atom is 0.225 e. The predicted molar refractivity (Wildman–Crippen MR) is 153 cm³/mol. The molecule has 2 N–H and O–H groups in total. The van der Waals surface area contributed by atoms with Gasteiger partial charge in [0.2, 0.25) is 5.91 Å². The van der Waals surface area contributed by atoms with E-state index in [4.69, 9.17) is 0 Å². The molecule has 8 heteroatoms.